The van der Waals surface area contributed by atoms with Crippen molar-refractivity contribution >= 4 is 17.2 Å². The molecule has 0 spiro atoms. The van der Waals surface area contributed by atoms with Crippen LogP contribution in [0, 0.1) is 0 Å². The van der Waals surface area contributed by atoms with E-state index in [1.165, 1.54) is 16.9 Å². The summed E-state index contributed by atoms with van der Waals surface area (Å²) < 4.78 is 5.33. The molecule has 0 aliphatic heterocycles. The maximum atomic E-state index is 12.3. The Hall–Kier alpha value is -2.40. The van der Waals surface area contributed by atoms with Gasteiger partial charge in [-0.25, -0.2) is 4.98 Å². The number of carbonyl (C=O) groups is 1. The molecule has 0 aliphatic carbocycles. The second kappa shape index (κ2) is 7.66. The Bertz CT molecular complexity index is 820. The topological polar surface area (TPSA) is 55.1 Å². The van der Waals surface area contributed by atoms with Crippen molar-refractivity contribution in [1.82, 2.24) is 10.3 Å². The number of thiazole rings is 1. The molecule has 0 aliphatic rings. The summed E-state index contributed by atoms with van der Waals surface area (Å²) in [4.78, 5) is 16.8. The summed E-state index contributed by atoms with van der Waals surface area (Å²) in [5, 5.41) is 5.74. The summed E-state index contributed by atoms with van der Waals surface area (Å²) in [5.74, 6) is 1.21. The summed E-state index contributed by atoms with van der Waals surface area (Å²) in [6.45, 7) is 6.34. The Morgan fingerprint density at radius 1 is 1.16 bits per heavy atom. The minimum atomic E-state index is -0.0308. The fraction of sp³-hybridized carbons (Fsp3) is 0.300. The molecule has 2 heterocycles. The van der Waals surface area contributed by atoms with Gasteiger partial charge in [-0.3, -0.25) is 4.79 Å². The van der Waals surface area contributed by atoms with Crippen LogP contribution < -0.4 is 5.32 Å². The van der Waals surface area contributed by atoms with Gasteiger partial charge < -0.3 is 9.73 Å². The fourth-order valence-corrected chi connectivity index (χ4v) is 3.40. The summed E-state index contributed by atoms with van der Waals surface area (Å²) >= 11 is 1.48. The largest absolute Gasteiger partial charge is 0.462 e. The molecule has 0 unspecified atom stereocenters. The molecule has 0 fully saturated rings. The number of hydrogen-bond donors (Lipinski definition) is 1. The second-order valence-electron chi connectivity index (χ2n) is 6.41. The van der Waals surface area contributed by atoms with Crippen molar-refractivity contribution in [2.45, 2.75) is 39.2 Å². The standard InChI is InChI=1S/C20H22N2O2S/c1-13(2)15-6-8-16(9-7-15)14(3)21-19(23)11-17-12-25-20(22-17)18-5-4-10-24-18/h4-10,12-14H,11H2,1-3H3,(H,21,23)/t14-/m1/s1. The lowest BCUT2D eigenvalue weighted by Gasteiger charge is -2.15. The molecule has 1 N–H and O–H groups in total. The molecule has 2 aromatic heterocycles. The molecular weight excluding hydrogens is 332 g/mol. The number of hydrogen-bond acceptors (Lipinski definition) is 4. The summed E-state index contributed by atoms with van der Waals surface area (Å²) in [7, 11) is 0. The summed E-state index contributed by atoms with van der Waals surface area (Å²) in [5.41, 5.74) is 3.17. The van der Waals surface area contributed by atoms with Crippen LogP contribution >= 0.6 is 11.3 Å². The molecule has 1 amide bonds. The normalized spacial score (nSPS) is 12.3. The zero-order valence-corrected chi connectivity index (χ0v) is 15.5. The third kappa shape index (κ3) is 4.37. The van der Waals surface area contributed by atoms with Crippen LogP contribution in [0.15, 0.2) is 52.5 Å². The van der Waals surface area contributed by atoms with Gasteiger partial charge in [-0.05, 0) is 36.1 Å². The number of benzene rings is 1. The molecule has 4 nitrogen and oxygen atoms in total. The van der Waals surface area contributed by atoms with E-state index in [-0.39, 0.29) is 18.4 Å². The predicted molar refractivity (Wildman–Crippen MR) is 101 cm³/mol. The lowest BCUT2D eigenvalue weighted by molar-refractivity contribution is -0.121. The van der Waals surface area contributed by atoms with Gasteiger partial charge in [-0.1, -0.05) is 38.1 Å². The van der Waals surface area contributed by atoms with E-state index in [4.69, 9.17) is 4.42 Å². The first-order chi connectivity index (χ1) is 12.0. The highest BCUT2D eigenvalue weighted by atomic mass is 32.1. The molecule has 0 radical (unpaired) electrons. The van der Waals surface area contributed by atoms with Crippen molar-refractivity contribution in [2.24, 2.45) is 0 Å². The first kappa shape index (κ1) is 17.4. The van der Waals surface area contributed by atoms with Crippen LogP contribution in [0.4, 0.5) is 0 Å². The van der Waals surface area contributed by atoms with Crippen LogP contribution in [-0.4, -0.2) is 10.9 Å². The second-order valence-corrected chi connectivity index (χ2v) is 7.27. The maximum Gasteiger partial charge on any atom is 0.226 e. The number of amides is 1. The molecule has 3 aromatic rings. The van der Waals surface area contributed by atoms with Crippen LogP contribution in [0.2, 0.25) is 0 Å². The number of furan rings is 1. The highest BCUT2D eigenvalue weighted by Crippen LogP contribution is 2.24. The van der Waals surface area contributed by atoms with Crippen LogP contribution in [0.1, 0.15) is 49.6 Å². The Kier molecular flexibility index (Phi) is 5.34. The van der Waals surface area contributed by atoms with Crippen LogP contribution in [0.3, 0.4) is 0 Å². The zero-order chi connectivity index (χ0) is 17.8. The van der Waals surface area contributed by atoms with E-state index in [1.807, 2.05) is 24.4 Å². The first-order valence-electron chi connectivity index (χ1n) is 8.40. The molecule has 1 aromatic carbocycles. The maximum absolute atomic E-state index is 12.3. The molecule has 0 saturated heterocycles. The zero-order valence-electron chi connectivity index (χ0n) is 14.7. The fourth-order valence-electron chi connectivity index (χ4n) is 2.61. The van der Waals surface area contributed by atoms with E-state index in [2.05, 4.69) is 48.4 Å². The van der Waals surface area contributed by atoms with E-state index < -0.39 is 0 Å². The van der Waals surface area contributed by atoms with E-state index in [9.17, 15) is 4.79 Å². The van der Waals surface area contributed by atoms with E-state index >= 15 is 0 Å². The Balaban J connectivity index is 1.58. The van der Waals surface area contributed by atoms with Gasteiger partial charge in [0.25, 0.3) is 0 Å². The van der Waals surface area contributed by atoms with Crippen molar-refractivity contribution < 1.29 is 9.21 Å². The lowest BCUT2D eigenvalue weighted by atomic mass is 9.99. The van der Waals surface area contributed by atoms with Gasteiger partial charge in [-0.2, -0.15) is 0 Å². The molecule has 130 valence electrons. The number of nitrogens with one attached hydrogen (secondary N) is 1. The monoisotopic (exact) mass is 354 g/mol. The third-order valence-electron chi connectivity index (χ3n) is 4.11. The quantitative estimate of drug-likeness (QED) is 0.682. The number of nitrogens with zero attached hydrogens (tertiary/aromatic N) is 1. The molecule has 25 heavy (non-hydrogen) atoms. The number of carbonyl (C=O) groups excluding carboxylic acids is 1. The molecule has 1 atom stereocenters. The molecule has 5 heteroatoms. The smallest absolute Gasteiger partial charge is 0.226 e. The van der Waals surface area contributed by atoms with E-state index in [1.54, 1.807) is 6.26 Å². The highest BCUT2D eigenvalue weighted by molar-refractivity contribution is 7.13. The highest BCUT2D eigenvalue weighted by Gasteiger charge is 2.13. The van der Waals surface area contributed by atoms with Crippen LogP contribution in [0.25, 0.3) is 10.8 Å². The number of rotatable bonds is 6. The number of aromatic nitrogens is 1. The van der Waals surface area contributed by atoms with Crippen LogP contribution in [0.5, 0.6) is 0 Å². The minimum absolute atomic E-state index is 0.0307. The Morgan fingerprint density at radius 2 is 1.88 bits per heavy atom. The van der Waals surface area contributed by atoms with Gasteiger partial charge in [0.1, 0.15) is 0 Å². The average Bonchev–Trinajstić information content (AvgIpc) is 3.26. The van der Waals surface area contributed by atoms with Crippen molar-refractivity contribution in [1.29, 1.82) is 0 Å². The van der Waals surface area contributed by atoms with Crippen molar-refractivity contribution in [3.63, 3.8) is 0 Å². The first-order valence-corrected chi connectivity index (χ1v) is 9.28. The van der Waals surface area contributed by atoms with Gasteiger partial charge in [0.15, 0.2) is 10.8 Å². The molecule has 3 rings (SSSR count). The van der Waals surface area contributed by atoms with Gasteiger partial charge in [0.05, 0.1) is 24.4 Å². The van der Waals surface area contributed by atoms with Crippen molar-refractivity contribution in [3.05, 3.63) is 64.9 Å². The van der Waals surface area contributed by atoms with Crippen LogP contribution in [-0.2, 0) is 11.2 Å². The predicted octanol–water partition coefficient (Wildman–Crippen LogP) is 4.95. The summed E-state index contributed by atoms with van der Waals surface area (Å²) in [6.07, 6.45) is 1.89. The van der Waals surface area contributed by atoms with Crippen molar-refractivity contribution in [2.75, 3.05) is 0 Å². The van der Waals surface area contributed by atoms with Gasteiger partial charge in [-0.15, -0.1) is 11.3 Å². The van der Waals surface area contributed by atoms with E-state index in [0.29, 0.717) is 5.92 Å². The summed E-state index contributed by atoms with van der Waals surface area (Å²) in [6, 6.07) is 12.1. The Morgan fingerprint density at radius 3 is 2.52 bits per heavy atom. The minimum Gasteiger partial charge on any atom is -0.462 e. The molecule has 0 bridgehead atoms. The van der Waals surface area contributed by atoms with Gasteiger partial charge >= 0.3 is 0 Å². The SMILES string of the molecule is CC(C)c1ccc([C@@H](C)NC(=O)Cc2csc(-c3ccco3)n2)cc1. The van der Waals surface area contributed by atoms with Crippen molar-refractivity contribution in [3.8, 4) is 10.8 Å². The van der Waals surface area contributed by atoms with Gasteiger partial charge in [0.2, 0.25) is 5.91 Å². The molecular formula is C20H22N2O2S. The van der Waals surface area contributed by atoms with E-state index in [0.717, 1.165) is 22.0 Å². The Labute approximate surface area is 151 Å². The third-order valence-corrected chi connectivity index (χ3v) is 5.01. The average molecular weight is 354 g/mol. The lowest BCUT2D eigenvalue weighted by Crippen LogP contribution is -2.28. The van der Waals surface area contributed by atoms with Gasteiger partial charge in [0, 0.05) is 5.38 Å². The molecule has 0 saturated carbocycles.